The molecule has 3 heteroatoms. The van der Waals surface area contributed by atoms with Gasteiger partial charge >= 0.3 is 0 Å². The Morgan fingerprint density at radius 1 is 1.28 bits per heavy atom. The largest absolute Gasteiger partial charge is 0.399 e. The van der Waals surface area contributed by atoms with E-state index >= 15 is 0 Å². The highest BCUT2D eigenvalue weighted by atomic mass is 15.3. The van der Waals surface area contributed by atoms with Crippen LogP contribution in [-0.4, -0.2) is 49.1 Å². The summed E-state index contributed by atoms with van der Waals surface area (Å²) >= 11 is 0. The highest BCUT2D eigenvalue weighted by Crippen LogP contribution is 2.14. The third-order valence-electron chi connectivity index (χ3n) is 3.91. The molecule has 1 atom stereocenters. The molecule has 0 aliphatic carbocycles. The fraction of sp³-hybridized carbons (Fsp3) is 0.600. The smallest absolute Gasteiger partial charge is 0.0346 e. The average Bonchev–Trinajstić information content (AvgIpc) is 2.34. The van der Waals surface area contributed by atoms with Gasteiger partial charge in [0.15, 0.2) is 0 Å². The Kier molecular flexibility index (Phi) is 4.61. The molecule has 1 saturated heterocycles. The van der Waals surface area contributed by atoms with E-state index in [1.807, 2.05) is 12.1 Å². The molecule has 0 amide bonds. The van der Waals surface area contributed by atoms with Crippen molar-refractivity contribution in [3.05, 3.63) is 29.8 Å². The van der Waals surface area contributed by atoms with Crippen molar-refractivity contribution in [2.45, 2.75) is 25.8 Å². The number of nitrogens with two attached hydrogens (primary N) is 1. The normalized spacial score (nSPS) is 22.2. The Bertz CT molecular complexity index is 378. The highest BCUT2D eigenvalue weighted by Gasteiger charge is 2.20. The van der Waals surface area contributed by atoms with E-state index in [9.17, 15) is 0 Å². The van der Waals surface area contributed by atoms with E-state index in [-0.39, 0.29) is 0 Å². The van der Waals surface area contributed by atoms with Crippen molar-refractivity contribution in [1.29, 1.82) is 0 Å². The molecule has 0 spiro atoms. The number of para-hydroxylation sites is 1. The number of nitrogen functional groups attached to an aromatic ring is 1. The number of likely N-dealkylation sites (N-methyl/N-ethyl adjacent to an activating group) is 1. The van der Waals surface area contributed by atoms with E-state index in [1.165, 1.54) is 38.2 Å². The van der Waals surface area contributed by atoms with Gasteiger partial charge in [-0.25, -0.2) is 0 Å². The molecule has 3 nitrogen and oxygen atoms in total. The van der Waals surface area contributed by atoms with Crippen LogP contribution in [0.3, 0.4) is 0 Å². The van der Waals surface area contributed by atoms with Crippen molar-refractivity contribution in [3.8, 4) is 0 Å². The molecule has 1 heterocycles. The van der Waals surface area contributed by atoms with Gasteiger partial charge in [0, 0.05) is 31.4 Å². The third kappa shape index (κ3) is 3.47. The molecule has 0 bridgehead atoms. The average molecular weight is 247 g/mol. The lowest BCUT2D eigenvalue weighted by Crippen LogP contribution is -2.50. The zero-order chi connectivity index (χ0) is 13.0. The van der Waals surface area contributed by atoms with Gasteiger partial charge in [-0.05, 0) is 45.0 Å². The van der Waals surface area contributed by atoms with Crippen LogP contribution in [0.5, 0.6) is 0 Å². The fourth-order valence-electron chi connectivity index (χ4n) is 2.74. The summed E-state index contributed by atoms with van der Waals surface area (Å²) in [6.45, 7) is 7.09. The van der Waals surface area contributed by atoms with Gasteiger partial charge in [0.2, 0.25) is 0 Å². The van der Waals surface area contributed by atoms with Crippen molar-refractivity contribution in [2.24, 2.45) is 0 Å². The molecule has 100 valence electrons. The van der Waals surface area contributed by atoms with Crippen LogP contribution in [0.25, 0.3) is 0 Å². The summed E-state index contributed by atoms with van der Waals surface area (Å²) in [4.78, 5) is 5.01. The third-order valence-corrected chi connectivity index (χ3v) is 3.91. The second-order valence-electron chi connectivity index (χ2n) is 5.45. The summed E-state index contributed by atoms with van der Waals surface area (Å²) in [6, 6.07) is 8.89. The minimum atomic E-state index is 0.678. The van der Waals surface area contributed by atoms with Crippen LogP contribution in [0.4, 0.5) is 5.69 Å². The van der Waals surface area contributed by atoms with Crippen LogP contribution < -0.4 is 5.73 Å². The van der Waals surface area contributed by atoms with Crippen LogP contribution in [0.15, 0.2) is 24.3 Å². The number of aryl methyl sites for hydroxylation is 1. The summed E-state index contributed by atoms with van der Waals surface area (Å²) in [6.07, 6.45) is 2.29. The second-order valence-corrected chi connectivity index (χ2v) is 5.45. The first kappa shape index (κ1) is 13.4. The number of benzene rings is 1. The van der Waals surface area contributed by atoms with Crippen molar-refractivity contribution in [2.75, 3.05) is 39.0 Å². The van der Waals surface area contributed by atoms with Gasteiger partial charge in [0.25, 0.3) is 0 Å². The van der Waals surface area contributed by atoms with Crippen LogP contribution >= 0.6 is 0 Å². The van der Waals surface area contributed by atoms with Gasteiger partial charge in [-0.2, -0.15) is 0 Å². The first-order valence-electron chi connectivity index (χ1n) is 6.93. The summed E-state index contributed by atoms with van der Waals surface area (Å²) in [7, 11) is 2.21. The molecule has 1 aliphatic rings. The van der Waals surface area contributed by atoms with Crippen LogP contribution in [-0.2, 0) is 6.42 Å². The lowest BCUT2D eigenvalue weighted by atomic mass is 10.1. The van der Waals surface area contributed by atoms with Crippen LogP contribution in [0, 0.1) is 0 Å². The predicted molar refractivity (Wildman–Crippen MR) is 77.7 cm³/mol. The van der Waals surface area contributed by atoms with Crippen molar-refractivity contribution in [1.82, 2.24) is 9.80 Å². The minimum Gasteiger partial charge on any atom is -0.399 e. The van der Waals surface area contributed by atoms with Gasteiger partial charge in [0.05, 0.1) is 0 Å². The van der Waals surface area contributed by atoms with E-state index in [1.54, 1.807) is 0 Å². The minimum absolute atomic E-state index is 0.678. The standard InChI is InChI=1S/C15H25N3/c1-13-12-17(2)10-11-18(13)9-5-7-14-6-3-4-8-15(14)16/h3-4,6,8,13H,5,7,9-12,16H2,1-2H3. The molecule has 1 aliphatic heterocycles. The van der Waals surface area contributed by atoms with E-state index in [0.717, 1.165) is 12.1 Å². The van der Waals surface area contributed by atoms with Gasteiger partial charge in [-0.1, -0.05) is 18.2 Å². The lowest BCUT2D eigenvalue weighted by Gasteiger charge is -2.38. The van der Waals surface area contributed by atoms with Gasteiger partial charge in [0.1, 0.15) is 0 Å². The number of rotatable bonds is 4. The van der Waals surface area contributed by atoms with E-state index in [0.29, 0.717) is 6.04 Å². The molecular weight excluding hydrogens is 222 g/mol. The maximum Gasteiger partial charge on any atom is 0.0346 e. The Labute approximate surface area is 111 Å². The molecule has 2 rings (SSSR count). The maximum absolute atomic E-state index is 5.97. The molecule has 1 unspecified atom stereocenters. The number of nitrogens with zero attached hydrogens (tertiary/aromatic N) is 2. The number of hydrogen-bond acceptors (Lipinski definition) is 3. The highest BCUT2D eigenvalue weighted by molar-refractivity contribution is 5.46. The summed E-state index contributed by atoms with van der Waals surface area (Å²) in [5.74, 6) is 0. The van der Waals surface area contributed by atoms with Gasteiger partial charge < -0.3 is 10.6 Å². The molecule has 2 N–H and O–H groups in total. The quantitative estimate of drug-likeness (QED) is 0.824. The summed E-state index contributed by atoms with van der Waals surface area (Å²) in [5, 5.41) is 0. The first-order valence-corrected chi connectivity index (χ1v) is 6.93. The zero-order valence-electron chi connectivity index (χ0n) is 11.6. The van der Waals surface area contributed by atoms with E-state index in [2.05, 4.69) is 35.9 Å². The zero-order valence-corrected chi connectivity index (χ0v) is 11.6. The molecule has 18 heavy (non-hydrogen) atoms. The van der Waals surface area contributed by atoms with E-state index in [4.69, 9.17) is 5.73 Å². The molecular formula is C15H25N3. The van der Waals surface area contributed by atoms with Crippen molar-refractivity contribution < 1.29 is 0 Å². The maximum atomic E-state index is 5.97. The van der Waals surface area contributed by atoms with Crippen molar-refractivity contribution in [3.63, 3.8) is 0 Å². The van der Waals surface area contributed by atoms with E-state index < -0.39 is 0 Å². The number of hydrogen-bond donors (Lipinski definition) is 1. The molecule has 1 aromatic rings. The monoisotopic (exact) mass is 247 g/mol. The van der Waals surface area contributed by atoms with Crippen molar-refractivity contribution >= 4 is 5.69 Å². The molecule has 0 aromatic heterocycles. The summed E-state index contributed by atoms with van der Waals surface area (Å²) < 4.78 is 0. The summed E-state index contributed by atoms with van der Waals surface area (Å²) in [5.41, 5.74) is 8.19. The van der Waals surface area contributed by atoms with Gasteiger partial charge in [-0.15, -0.1) is 0 Å². The molecule has 1 aromatic carbocycles. The molecule has 1 fully saturated rings. The van der Waals surface area contributed by atoms with Crippen LogP contribution in [0.1, 0.15) is 18.9 Å². The predicted octanol–water partition coefficient (Wildman–Crippen LogP) is 1.84. The van der Waals surface area contributed by atoms with Gasteiger partial charge in [-0.3, -0.25) is 4.90 Å². The SMILES string of the molecule is CC1CN(C)CCN1CCCc1ccccc1N. The topological polar surface area (TPSA) is 32.5 Å². The second kappa shape index (κ2) is 6.21. The Balaban J connectivity index is 1.77. The molecule has 0 saturated carbocycles. The Morgan fingerprint density at radius 2 is 2.06 bits per heavy atom. The molecule has 0 radical (unpaired) electrons. The van der Waals surface area contributed by atoms with Crippen LogP contribution in [0.2, 0.25) is 0 Å². The first-order chi connectivity index (χ1) is 8.66. The fourth-order valence-corrected chi connectivity index (χ4v) is 2.74. The number of anilines is 1. The lowest BCUT2D eigenvalue weighted by molar-refractivity contribution is 0.0992. The Morgan fingerprint density at radius 3 is 2.78 bits per heavy atom. The number of piperazine rings is 1. The Hall–Kier alpha value is -1.06.